The van der Waals surface area contributed by atoms with Crippen molar-refractivity contribution < 1.29 is 18.3 Å². The number of carbonyl (C=O) groups excluding carboxylic acids is 1. The lowest BCUT2D eigenvalue weighted by atomic mass is 9.95. The number of halogens is 2. The van der Waals surface area contributed by atoms with E-state index in [4.69, 9.17) is 19.8 Å². The first-order chi connectivity index (χ1) is 22.2. The molecule has 46 heavy (non-hydrogen) atoms. The van der Waals surface area contributed by atoms with Crippen molar-refractivity contribution in [1.82, 2.24) is 29.5 Å². The molecule has 0 saturated heterocycles. The normalized spacial score (nSPS) is 16.5. The summed E-state index contributed by atoms with van der Waals surface area (Å²) in [5, 5.41) is 7.71. The molecule has 0 aliphatic carbocycles. The van der Waals surface area contributed by atoms with Crippen LogP contribution in [-0.4, -0.2) is 61.7 Å². The molecule has 1 amide bonds. The van der Waals surface area contributed by atoms with Gasteiger partial charge in [0, 0.05) is 77.3 Å². The van der Waals surface area contributed by atoms with Gasteiger partial charge in [-0.3, -0.25) is 19.4 Å². The molecule has 2 aliphatic heterocycles. The van der Waals surface area contributed by atoms with Crippen LogP contribution in [0.5, 0.6) is 5.75 Å². The van der Waals surface area contributed by atoms with Gasteiger partial charge in [0.1, 0.15) is 28.8 Å². The molecule has 5 aromatic rings. The Hall–Kier alpha value is -4.48. The second-order valence-electron chi connectivity index (χ2n) is 12.0. The van der Waals surface area contributed by atoms with Gasteiger partial charge >= 0.3 is 0 Å². The van der Waals surface area contributed by atoms with Crippen molar-refractivity contribution in [2.75, 3.05) is 20.2 Å². The van der Waals surface area contributed by atoms with E-state index in [0.717, 1.165) is 58.2 Å². The number of fused-ring (bicyclic) bond motifs is 3. The topological polar surface area (TPSA) is 76.4 Å². The number of hydrogen-bond donors (Lipinski definition) is 0. The predicted molar refractivity (Wildman–Crippen MR) is 176 cm³/mol. The van der Waals surface area contributed by atoms with E-state index in [1.54, 1.807) is 4.90 Å². The Balaban J connectivity index is 1.47. The van der Waals surface area contributed by atoms with Crippen molar-refractivity contribution >= 4 is 27.3 Å². The number of amides is 1. The first kappa shape index (κ1) is 30.2. The summed E-state index contributed by atoms with van der Waals surface area (Å²) >= 11 is 1.45. The standard InChI is InChI=1S/C35H34F2N6O2S/c1-6-30(44)42-10-11-43-28(20(42)4)16-27(40-43)34-32(31-25(37)14-23(36)15-29(31)45-5)35-24(8-12-46-35)33(39-34)21-13-22-18-41(19(2)3)9-7-26(22)38-17-21/h6,8,12-17,19-20H,1,7,9-11,18H2,2-5H3. The lowest BCUT2D eigenvalue weighted by Crippen LogP contribution is -2.40. The summed E-state index contributed by atoms with van der Waals surface area (Å²) in [7, 11) is 1.40. The highest BCUT2D eigenvalue weighted by molar-refractivity contribution is 7.18. The van der Waals surface area contributed by atoms with E-state index in [2.05, 4.69) is 31.4 Å². The maximum absolute atomic E-state index is 15.9. The van der Waals surface area contributed by atoms with Gasteiger partial charge in [-0.2, -0.15) is 5.10 Å². The van der Waals surface area contributed by atoms with Crippen molar-refractivity contribution in [2.45, 2.75) is 52.4 Å². The molecule has 0 N–H and O–H groups in total. The fourth-order valence-electron chi connectivity index (χ4n) is 6.67. The quantitative estimate of drug-likeness (QED) is 0.186. The highest BCUT2D eigenvalue weighted by atomic mass is 32.1. The molecule has 1 unspecified atom stereocenters. The van der Waals surface area contributed by atoms with Gasteiger partial charge in [0.15, 0.2) is 0 Å². The Morgan fingerprint density at radius 3 is 2.72 bits per heavy atom. The maximum atomic E-state index is 15.9. The Kier molecular flexibility index (Phi) is 7.68. The van der Waals surface area contributed by atoms with Gasteiger partial charge in [-0.25, -0.2) is 13.8 Å². The van der Waals surface area contributed by atoms with Gasteiger partial charge in [-0.15, -0.1) is 11.3 Å². The number of thiophene rings is 1. The summed E-state index contributed by atoms with van der Waals surface area (Å²) in [6.45, 7) is 12.7. The van der Waals surface area contributed by atoms with E-state index in [-0.39, 0.29) is 23.3 Å². The average molecular weight is 641 g/mol. The Labute approximate surface area is 270 Å². The fourth-order valence-corrected chi connectivity index (χ4v) is 7.62. The zero-order chi connectivity index (χ0) is 32.3. The summed E-state index contributed by atoms with van der Waals surface area (Å²) in [6.07, 6.45) is 4.06. The van der Waals surface area contributed by atoms with Crippen LogP contribution in [-0.2, 0) is 24.3 Å². The van der Waals surface area contributed by atoms with E-state index in [1.807, 2.05) is 35.3 Å². The van der Waals surface area contributed by atoms with Crippen molar-refractivity contribution in [3.05, 3.63) is 83.1 Å². The minimum atomic E-state index is -0.758. The molecule has 8 nitrogen and oxygen atoms in total. The Morgan fingerprint density at radius 1 is 1.13 bits per heavy atom. The molecule has 11 heteroatoms. The molecule has 0 spiro atoms. The number of rotatable bonds is 6. The zero-order valence-corrected chi connectivity index (χ0v) is 27.0. The number of methoxy groups -OCH3 is 1. The average Bonchev–Trinajstić information content (AvgIpc) is 3.72. The van der Waals surface area contributed by atoms with Crippen LogP contribution in [0.1, 0.15) is 43.8 Å². The molecule has 1 atom stereocenters. The summed E-state index contributed by atoms with van der Waals surface area (Å²) in [6, 6.07) is 8.24. The Bertz CT molecular complexity index is 2020. The second kappa shape index (κ2) is 11.7. The summed E-state index contributed by atoms with van der Waals surface area (Å²) in [5.41, 5.74) is 6.18. The molecule has 4 aromatic heterocycles. The van der Waals surface area contributed by atoms with E-state index >= 15 is 4.39 Å². The summed E-state index contributed by atoms with van der Waals surface area (Å²) in [5.74, 6) is -1.59. The second-order valence-corrected chi connectivity index (χ2v) is 13.0. The van der Waals surface area contributed by atoms with Gasteiger partial charge in [0.2, 0.25) is 5.91 Å². The zero-order valence-electron chi connectivity index (χ0n) is 26.2. The highest BCUT2D eigenvalue weighted by Crippen LogP contribution is 2.47. The van der Waals surface area contributed by atoms with Crippen LogP contribution in [0.3, 0.4) is 0 Å². The molecule has 1 aromatic carbocycles. The molecule has 236 valence electrons. The van der Waals surface area contributed by atoms with Gasteiger partial charge in [0.25, 0.3) is 0 Å². The van der Waals surface area contributed by atoms with Gasteiger partial charge in [-0.05, 0) is 56.0 Å². The fraction of sp³-hybridized carbons (Fsp3) is 0.314. The molecule has 0 saturated carbocycles. The van der Waals surface area contributed by atoms with Crippen LogP contribution in [0.25, 0.3) is 43.9 Å². The number of ether oxygens (including phenoxy) is 1. The molecule has 0 radical (unpaired) electrons. The lowest BCUT2D eigenvalue weighted by molar-refractivity contribution is -0.129. The minimum Gasteiger partial charge on any atom is -0.496 e. The SMILES string of the molecule is C=CC(=O)N1CCn2nc(-c3nc(-c4cnc5c(c4)CN(C(C)C)CC5)c4ccsc4c3-c3c(F)cc(F)cc3OC)cc2C1C. The number of aromatic nitrogens is 4. The molecular weight excluding hydrogens is 606 g/mol. The molecule has 2 aliphatic rings. The summed E-state index contributed by atoms with van der Waals surface area (Å²) in [4.78, 5) is 26.9. The smallest absolute Gasteiger partial charge is 0.246 e. The van der Waals surface area contributed by atoms with Crippen LogP contribution in [0.2, 0.25) is 0 Å². The van der Waals surface area contributed by atoms with E-state index < -0.39 is 11.6 Å². The van der Waals surface area contributed by atoms with Gasteiger partial charge in [-0.1, -0.05) is 6.58 Å². The predicted octanol–water partition coefficient (Wildman–Crippen LogP) is 7.03. The van der Waals surface area contributed by atoms with Crippen molar-refractivity contribution in [1.29, 1.82) is 0 Å². The third-order valence-electron chi connectivity index (χ3n) is 9.13. The van der Waals surface area contributed by atoms with E-state index in [1.165, 1.54) is 30.6 Å². The summed E-state index contributed by atoms with van der Waals surface area (Å²) < 4.78 is 38.5. The lowest BCUT2D eigenvalue weighted by Gasteiger charge is -2.33. The van der Waals surface area contributed by atoms with Crippen molar-refractivity contribution in [2.24, 2.45) is 0 Å². The van der Waals surface area contributed by atoms with Crippen LogP contribution < -0.4 is 4.74 Å². The molecular formula is C35H34F2N6O2S. The molecule has 7 rings (SSSR count). The van der Waals surface area contributed by atoms with Crippen LogP contribution in [0.15, 0.2) is 54.6 Å². The third-order valence-corrected chi connectivity index (χ3v) is 10.1. The number of carbonyl (C=O) groups is 1. The number of nitrogens with zero attached hydrogens (tertiary/aromatic N) is 6. The van der Waals surface area contributed by atoms with Crippen LogP contribution in [0, 0.1) is 11.6 Å². The van der Waals surface area contributed by atoms with Gasteiger partial charge < -0.3 is 9.64 Å². The molecule has 0 bridgehead atoms. The first-order valence-corrected chi connectivity index (χ1v) is 16.2. The third kappa shape index (κ3) is 4.98. The van der Waals surface area contributed by atoms with Crippen molar-refractivity contribution in [3.63, 3.8) is 0 Å². The van der Waals surface area contributed by atoms with Crippen molar-refractivity contribution in [3.8, 4) is 39.5 Å². The van der Waals surface area contributed by atoms with Crippen LogP contribution >= 0.6 is 11.3 Å². The van der Waals surface area contributed by atoms with Gasteiger partial charge in [0.05, 0.1) is 36.6 Å². The van der Waals surface area contributed by atoms with E-state index in [9.17, 15) is 9.18 Å². The highest BCUT2D eigenvalue weighted by Gasteiger charge is 2.31. The maximum Gasteiger partial charge on any atom is 0.246 e. The number of benzene rings is 1. The minimum absolute atomic E-state index is 0.0623. The monoisotopic (exact) mass is 640 g/mol. The Morgan fingerprint density at radius 2 is 1.96 bits per heavy atom. The number of pyridine rings is 2. The molecule has 0 fully saturated rings. The number of hydrogen-bond acceptors (Lipinski definition) is 7. The molecule has 6 heterocycles. The largest absolute Gasteiger partial charge is 0.496 e. The van der Waals surface area contributed by atoms with E-state index in [0.29, 0.717) is 41.8 Å². The van der Waals surface area contributed by atoms with Crippen LogP contribution in [0.4, 0.5) is 8.78 Å². The first-order valence-electron chi connectivity index (χ1n) is 15.4.